The molecule has 1 aliphatic rings. The monoisotopic (exact) mass is 455 g/mol. The zero-order valence-electron chi connectivity index (χ0n) is 18.7. The van der Waals surface area contributed by atoms with Crippen molar-refractivity contribution in [2.45, 2.75) is 19.9 Å². The molecule has 1 fully saturated rings. The lowest BCUT2D eigenvalue weighted by atomic mass is 10.2. The predicted molar refractivity (Wildman–Crippen MR) is 133 cm³/mol. The first kappa shape index (κ1) is 23.9. The molecule has 0 atom stereocenters. The molecule has 0 spiro atoms. The summed E-state index contributed by atoms with van der Waals surface area (Å²) in [7, 11) is 0. The summed E-state index contributed by atoms with van der Waals surface area (Å²) >= 11 is 5.37. The number of nitrogens with zero attached hydrogens (tertiary/aromatic N) is 4. The van der Waals surface area contributed by atoms with E-state index in [2.05, 4.69) is 25.1 Å². The number of amides is 1. The Bertz CT molecular complexity index is 901. The lowest BCUT2D eigenvalue weighted by Gasteiger charge is -2.33. The van der Waals surface area contributed by atoms with E-state index in [4.69, 9.17) is 18.0 Å². The largest absolute Gasteiger partial charge is 0.362 e. The molecule has 0 radical (unpaired) electrons. The molecule has 0 aliphatic carbocycles. The highest BCUT2D eigenvalue weighted by molar-refractivity contribution is 7.80. The van der Waals surface area contributed by atoms with E-state index in [1.54, 1.807) is 6.08 Å². The molecular formula is C23H33N7OS. The van der Waals surface area contributed by atoms with Crippen LogP contribution in [-0.2, 0) is 11.3 Å². The Kier molecular flexibility index (Phi) is 9.21. The molecule has 2 aromatic rings. The topological polar surface area (TPSA) is 91.5 Å². The maximum Gasteiger partial charge on any atom is 0.246 e. The highest BCUT2D eigenvalue weighted by Crippen LogP contribution is 2.11. The normalized spacial score (nSPS) is 14.6. The van der Waals surface area contributed by atoms with Crippen LogP contribution in [0.15, 0.2) is 42.9 Å². The lowest BCUT2D eigenvalue weighted by Crippen LogP contribution is -2.49. The molecule has 1 aromatic heterocycles. The number of carbonyl (C=O) groups excluding carboxylic acids is 1. The van der Waals surface area contributed by atoms with Crippen LogP contribution in [0.25, 0.3) is 6.08 Å². The summed E-state index contributed by atoms with van der Waals surface area (Å²) in [6.07, 6.45) is 8.17. The molecule has 1 aliphatic heterocycles. The van der Waals surface area contributed by atoms with E-state index >= 15 is 0 Å². The second-order valence-electron chi connectivity index (χ2n) is 7.87. The summed E-state index contributed by atoms with van der Waals surface area (Å²) in [5, 5.41) is 7.02. The van der Waals surface area contributed by atoms with Gasteiger partial charge in [-0.1, -0.05) is 12.1 Å². The molecule has 0 unspecified atom stereocenters. The van der Waals surface area contributed by atoms with E-state index in [1.165, 1.54) is 0 Å². The minimum Gasteiger partial charge on any atom is -0.362 e. The zero-order valence-corrected chi connectivity index (χ0v) is 19.5. The van der Waals surface area contributed by atoms with Crippen LogP contribution in [0.3, 0.4) is 0 Å². The number of piperazine rings is 1. The Morgan fingerprint density at radius 2 is 1.94 bits per heavy atom. The molecule has 1 saturated heterocycles. The predicted octanol–water partition coefficient (Wildman–Crippen LogP) is 1.68. The number of hydrogen-bond donors (Lipinski definition) is 3. The van der Waals surface area contributed by atoms with E-state index in [0.717, 1.165) is 69.2 Å². The average molecular weight is 456 g/mol. The fourth-order valence-corrected chi connectivity index (χ4v) is 3.79. The number of imidazole rings is 1. The van der Waals surface area contributed by atoms with Crippen LogP contribution < -0.4 is 16.4 Å². The second-order valence-corrected chi connectivity index (χ2v) is 8.28. The van der Waals surface area contributed by atoms with Gasteiger partial charge in [-0.05, 0) is 49.3 Å². The standard InChI is InChI=1S/C23H33N7OS/c1-19-17-25-18-30(19)11-2-10-26-23(32)27-21-6-3-20(4-7-21)5-8-22(31)29-15-13-28(12-9-24)14-16-29/h3-8,17-18H,2,9-16,24H2,1H3,(H2,26,27,32)/b8-5+. The molecule has 0 saturated carbocycles. The van der Waals surface area contributed by atoms with E-state index in [0.29, 0.717) is 11.7 Å². The van der Waals surface area contributed by atoms with Crippen LogP contribution in [0, 0.1) is 6.92 Å². The van der Waals surface area contributed by atoms with Crippen LogP contribution in [-0.4, -0.2) is 76.2 Å². The molecule has 32 heavy (non-hydrogen) atoms. The van der Waals surface area contributed by atoms with Gasteiger partial charge in [0, 0.05) is 76.0 Å². The van der Waals surface area contributed by atoms with Crippen molar-refractivity contribution in [3.05, 3.63) is 54.1 Å². The third-order valence-corrected chi connectivity index (χ3v) is 5.74. The number of anilines is 1. The molecule has 4 N–H and O–H groups in total. The fourth-order valence-electron chi connectivity index (χ4n) is 3.57. The summed E-state index contributed by atoms with van der Waals surface area (Å²) < 4.78 is 2.12. The third-order valence-electron chi connectivity index (χ3n) is 5.50. The summed E-state index contributed by atoms with van der Waals surface area (Å²) in [5.74, 6) is 0.0517. The Morgan fingerprint density at radius 1 is 1.19 bits per heavy atom. The molecular weight excluding hydrogens is 422 g/mol. The third kappa shape index (κ3) is 7.44. The quantitative estimate of drug-likeness (QED) is 0.301. The molecule has 172 valence electrons. The highest BCUT2D eigenvalue weighted by Gasteiger charge is 2.18. The van der Waals surface area contributed by atoms with Gasteiger partial charge in [0.25, 0.3) is 0 Å². The van der Waals surface area contributed by atoms with E-state index in [-0.39, 0.29) is 5.91 Å². The van der Waals surface area contributed by atoms with Gasteiger partial charge in [0.05, 0.1) is 6.33 Å². The fraction of sp³-hybridized carbons (Fsp3) is 0.435. The van der Waals surface area contributed by atoms with E-state index in [9.17, 15) is 4.79 Å². The first-order valence-electron chi connectivity index (χ1n) is 11.1. The Labute approximate surface area is 195 Å². The summed E-state index contributed by atoms with van der Waals surface area (Å²) in [6.45, 7) is 8.55. The van der Waals surface area contributed by atoms with Gasteiger partial charge in [0.2, 0.25) is 5.91 Å². The van der Waals surface area contributed by atoms with Crippen LogP contribution in [0.1, 0.15) is 17.7 Å². The number of hydrogen-bond acceptors (Lipinski definition) is 5. The number of nitrogens with two attached hydrogens (primary N) is 1. The highest BCUT2D eigenvalue weighted by atomic mass is 32.1. The van der Waals surface area contributed by atoms with Crippen molar-refractivity contribution < 1.29 is 4.79 Å². The maximum absolute atomic E-state index is 12.4. The van der Waals surface area contributed by atoms with Gasteiger partial charge in [-0.2, -0.15) is 0 Å². The molecule has 0 bridgehead atoms. The summed E-state index contributed by atoms with van der Waals surface area (Å²) in [6, 6.07) is 7.85. The van der Waals surface area contributed by atoms with Crippen molar-refractivity contribution in [3.63, 3.8) is 0 Å². The summed E-state index contributed by atoms with van der Waals surface area (Å²) in [5.41, 5.74) is 8.64. The SMILES string of the molecule is Cc1cncn1CCCNC(=S)Nc1ccc(/C=C/C(=O)N2CCN(CCN)CC2)cc1. The number of carbonyl (C=O) groups is 1. The van der Waals surface area contributed by atoms with Crippen molar-refractivity contribution in [2.24, 2.45) is 5.73 Å². The van der Waals surface area contributed by atoms with Gasteiger partial charge >= 0.3 is 0 Å². The van der Waals surface area contributed by atoms with Crippen LogP contribution in [0.4, 0.5) is 5.69 Å². The minimum absolute atomic E-state index is 0.0517. The number of nitrogens with one attached hydrogen (secondary N) is 2. The Hall–Kier alpha value is -2.75. The van der Waals surface area contributed by atoms with Crippen molar-refractivity contribution in [3.8, 4) is 0 Å². The minimum atomic E-state index is 0.0517. The van der Waals surface area contributed by atoms with Crippen molar-refractivity contribution in [1.82, 2.24) is 24.7 Å². The smallest absolute Gasteiger partial charge is 0.246 e. The molecule has 1 aromatic carbocycles. The zero-order chi connectivity index (χ0) is 22.8. The second kappa shape index (κ2) is 12.3. The van der Waals surface area contributed by atoms with Gasteiger partial charge in [0.15, 0.2) is 5.11 Å². The number of thiocarbonyl (C=S) groups is 1. The number of benzene rings is 1. The Morgan fingerprint density at radius 3 is 2.59 bits per heavy atom. The van der Waals surface area contributed by atoms with Crippen molar-refractivity contribution >= 4 is 35.0 Å². The average Bonchev–Trinajstić information content (AvgIpc) is 3.21. The molecule has 3 rings (SSSR count). The van der Waals surface area contributed by atoms with Gasteiger partial charge in [-0.25, -0.2) is 4.98 Å². The van der Waals surface area contributed by atoms with Crippen molar-refractivity contribution in [2.75, 3.05) is 51.1 Å². The number of aromatic nitrogens is 2. The maximum atomic E-state index is 12.4. The van der Waals surface area contributed by atoms with Crippen LogP contribution in [0.2, 0.25) is 0 Å². The van der Waals surface area contributed by atoms with Crippen LogP contribution >= 0.6 is 12.2 Å². The number of aryl methyl sites for hydroxylation is 2. The molecule has 1 amide bonds. The lowest BCUT2D eigenvalue weighted by molar-refractivity contribution is -0.127. The van der Waals surface area contributed by atoms with Gasteiger partial charge in [-0.3, -0.25) is 9.69 Å². The molecule has 8 nitrogen and oxygen atoms in total. The van der Waals surface area contributed by atoms with Gasteiger partial charge in [-0.15, -0.1) is 0 Å². The van der Waals surface area contributed by atoms with Crippen LogP contribution in [0.5, 0.6) is 0 Å². The molecule has 9 heteroatoms. The van der Waals surface area contributed by atoms with Gasteiger partial charge in [0.1, 0.15) is 0 Å². The summed E-state index contributed by atoms with van der Waals surface area (Å²) in [4.78, 5) is 20.7. The first-order chi connectivity index (χ1) is 15.5. The van der Waals surface area contributed by atoms with Crippen molar-refractivity contribution in [1.29, 1.82) is 0 Å². The van der Waals surface area contributed by atoms with Gasteiger partial charge < -0.3 is 25.8 Å². The molecule has 2 heterocycles. The van der Waals surface area contributed by atoms with E-state index in [1.807, 2.05) is 54.7 Å². The Balaban J connectivity index is 1.37. The first-order valence-corrected chi connectivity index (χ1v) is 11.5. The van der Waals surface area contributed by atoms with E-state index < -0.39 is 0 Å². The number of rotatable bonds is 9.